The molecule has 4 heteroatoms. The Morgan fingerprint density at radius 1 is 0.733 bits per heavy atom. The predicted molar refractivity (Wildman–Crippen MR) is 123 cm³/mol. The Hall–Kier alpha value is -1.84. The van der Waals surface area contributed by atoms with Crippen LogP contribution in [0.4, 0.5) is 0 Å². The van der Waals surface area contributed by atoms with Crippen molar-refractivity contribution >= 4 is 11.9 Å². The van der Waals surface area contributed by atoms with E-state index in [4.69, 9.17) is 9.47 Å². The van der Waals surface area contributed by atoms with Crippen LogP contribution in [0.2, 0.25) is 0 Å². The average molecular weight is 419 g/mol. The van der Waals surface area contributed by atoms with Gasteiger partial charge in [-0.2, -0.15) is 0 Å². The minimum absolute atomic E-state index is 0.113. The number of carbonyl (C=O) groups is 2. The molecule has 0 saturated heterocycles. The summed E-state index contributed by atoms with van der Waals surface area (Å²) in [7, 11) is 0. The van der Waals surface area contributed by atoms with Crippen LogP contribution in [-0.4, -0.2) is 24.6 Å². The molecule has 0 fully saturated rings. The van der Waals surface area contributed by atoms with Crippen molar-refractivity contribution in [3.05, 3.63) is 35.4 Å². The summed E-state index contributed by atoms with van der Waals surface area (Å²) in [6.45, 7) is 6.70. The number of carbonyl (C=O) groups excluding carboxylic acids is 2. The van der Waals surface area contributed by atoms with Crippen LogP contribution in [0.25, 0.3) is 0 Å². The van der Waals surface area contributed by atoms with Crippen LogP contribution in [0.3, 0.4) is 0 Å². The molecule has 0 bridgehead atoms. The second-order valence-electron chi connectivity index (χ2n) is 8.09. The summed E-state index contributed by atoms with van der Waals surface area (Å²) in [6, 6.07) is 6.77. The lowest BCUT2D eigenvalue weighted by molar-refractivity contribution is 0.0262. The molecule has 1 atom stereocenters. The summed E-state index contributed by atoms with van der Waals surface area (Å²) in [4.78, 5) is 25.0. The highest BCUT2D eigenvalue weighted by Gasteiger charge is 2.21. The molecule has 1 aromatic carbocycles. The molecule has 170 valence electrons. The molecule has 0 aliphatic heterocycles. The van der Waals surface area contributed by atoms with Gasteiger partial charge in [0.25, 0.3) is 0 Å². The lowest BCUT2D eigenvalue weighted by atomic mass is 10.1. The summed E-state index contributed by atoms with van der Waals surface area (Å²) < 4.78 is 11.0. The second kappa shape index (κ2) is 16.9. The Balaban J connectivity index is 2.33. The Morgan fingerprint density at radius 3 is 1.80 bits per heavy atom. The highest BCUT2D eigenvalue weighted by molar-refractivity contribution is 6.03. The van der Waals surface area contributed by atoms with Gasteiger partial charge in [-0.25, -0.2) is 9.59 Å². The molecule has 0 radical (unpaired) electrons. The van der Waals surface area contributed by atoms with E-state index in [0.29, 0.717) is 17.7 Å². The minimum Gasteiger partial charge on any atom is -0.462 e. The molecule has 0 aliphatic carbocycles. The fraction of sp³-hybridized carbons (Fsp3) is 0.692. The number of unbranched alkanes of at least 4 members (excludes halogenated alkanes) is 9. The van der Waals surface area contributed by atoms with E-state index < -0.39 is 11.9 Å². The second-order valence-corrected chi connectivity index (χ2v) is 8.09. The first-order valence-corrected chi connectivity index (χ1v) is 12.1. The van der Waals surface area contributed by atoms with Gasteiger partial charge in [0, 0.05) is 0 Å². The van der Waals surface area contributed by atoms with Gasteiger partial charge in [0.15, 0.2) is 0 Å². The molecule has 0 spiro atoms. The van der Waals surface area contributed by atoms with Crippen LogP contribution in [-0.2, 0) is 9.47 Å². The quantitative estimate of drug-likeness (QED) is 0.194. The first-order chi connectivity index (χ1) is 14.6. The molecular formula is C26H42O4. The summed E-state index contributed by atoms with van der Waals surface area (Å²) in [5, 5.41) is 0. The van der Waals surface area contributed by atoms with E-state index >= 15 is 0 Å². The van der Waals surface area contributed by atoms with Crippen molar-refractivity contribution in [3.63, 3.8) is 0 Å². The maximum atomic E-state index is 12.5. The van der Waals surface area contributed by atoms with E-state index in [0.717, 1.165) is 32.1 Å². The average Bonchev–Trinajstić information content (AvgIpc) is 2.76. The standard InChI is InChI=1S/C26H42O4/c1-4-7-8-9-10-11-12-13-14-17-21-29-25(27)23-19-15-16-20-24(23)26(28)30-22(6-3)18-5-2/h15-16,19-20,22H,4-14,17-18,21H2,1-3H3. The van der Waals surface area contributed by atoms with Crippen molar-refractivity contribution in [1.82, 2.24) is 0 Å². The zero-order valence-electron chi connectivity index (χ0n) is 19.4. The van der Waals surface area contributed by atoms with E-state index in [1.165, 1.54) is 51.4 Å². The smallest absolute Gasteiger partial charge is 0.339 e. The third-order valence-corrected chi connectivity index (χ3v) is 5.44. The van der Waals surface area contributed by atoms with Crippen molar-refractivity contribution in [2.75, 3.05) is 6.61 Å². The van der Waals surface area contributed by atoms with E-state index in [-0.39, 0.29) is 6.10 Å². The van der Waals surface area contributed by atoms with Gasteiger partial charge in [-0.3, -0.25) is 0 Å². The number of hydrogen-bond donors (Lipinski definition) is 0. The van der Waals surface area contributed by atoms with Gasteiger partial charge in [-0.1, -0.05) is 97.1 Å². The highest BCUT2D eigenvalue weighted by atomic mass is 16.5. The maximum absolute atomic E-state index is 12.5. The molecule has 0 aromatic heterocycles. The van der Waals surface area contributed by atoms with E-state index in [1.54, 1.807) is 24.3 Å². The topological polar surface area (TPSA) is 52.6 Å². The molecule has 0 aliphatic rings. The third-order valence-electron chi connectivity index (χ3n) is 5.44. The van der Waals surface area contributed by atoms with Gasteiger partial charge in [0.2, 0.25) is 0 Å². The zero-order chi connectivity index (χ0) is 22.0. The molecule has 0 N–H and O–H groups in total. The van der Waals surface area contributed by atoms with Crippen molar-refractivity contribution in [1.29, 1.82) is 0 Å². The maximum Gasteiger partial charge on any atom is 0.339 e. The van der Waals surface area contributed by atoms with Gasteiger partial charge in [0.1, 0.15) is 6.10 Å². The molecule has 1 rings (SSSR count). The highest BCUT2D eigenvalue weighted by Crippen LogP contribution is 2.16. The van der Waals surface area contributed by atoms with Gasteiger partial charge in [-0.15, -0.1) is 0 Å². The van der Waals surface area contributed by atoms with Gasteiger partial charge < -0.3 is 9.47 Å². The normalized spacial score (nSPS) is 11.8. The van der Waals surface area contributed by atoms with Crippen LogP contribution in [0.15, 0.2) is 24.3 Å². The summed E-state index contributed by atoms with van der Waals surface area (Å²) >= 11 is 0. The van der Waals surface area contributed by atoms with Crippen LogP contribution < -0.4 is 0 Å². The Labute approximate surface area is 183 Å². The van der Waals surface area contributed by atoms with E-state index in [9.17, 15) is 9.59 Å². The monoisotopic (exact) mass is 418 g/mol. The molecule has 30 heavy (non-hydrogen) atoms. The van der Waals surface area contributed by atoms with Crippen molar-refractivity contribution in [3.8, 4) is 0 Å². The van der Waals surface area contributed by atoms with Gasteiger partial charge in [0.05, 0.1) is 17.7 Å². The number of rotatable bonds is 17. The largest absolute Gasteiger partial charge is 0.462 e. The van der Waals surface area contributed by atoms with Gasteiger partial charge >= 0.3 is 11.9 Å². The Kier molecular flexibility index (Phi) is 14.8. The Bertz CT molecular complexity index is 596. The molecule has 1 aromatic rings. The third kappa shape index (κ3) is 10.8. The molecule has 0 saturated carbocycles. The molecule has 0 amide bonds. The lowest BCUT2D eigenvalue weighted by Gasteiger charge is -2.16. The SMILES string of the molecule is CCCCCCCCCCCCOC(=O)c1ccccc1C(=O)OC(CC)CCC. The van der Waals surface area contributed by atoms with E-state index in [2.05, 4.69) is 13.8 Å². The number of esters is 2. The first-order valence-electron chi connectivity index (χ1n) is 12.1. The minimum atomic E-state index is -0.443. The predicted octanol–water partition coefficient (Wildman–Crippen LogP) is 7.50. The van der Waals surface area contributed by atoms with Crippen LogP contribution >= 0.6 is 0 Å². The number of benzene rings is 1. The number of ether oxygens (including phenoxy) is 2. The van der Waals surface area contributed by atoms with Gasteiger partial charge in [-0.05, 0) is 31.4 Å². The molecule has 4 nitrogen and oxygen atoms in total. The van der Waals surface area contributed by atoms with Crippen LogP contribution in [0.1, 0.15) is 125 Å². The van der Waals surface area contributed by atoms with Crippen LogP contribution in [0, 0.1) is 0 Å². The molecular weight excluding hydrogens is 376 g/mol. The van der Waals surface area contributed by atoms with Crippen molar-refractivity contribution < 1.29 is 19.1 Å². The van der Waals surface area contributed by atoms with Crippen molar-refractivity contribution in [2.45, 2.75) is 110 Å². The first kappa shape index (κ1) is 26.2. The van der Waals surface area contributed by atoms with Crippen molar-refractivity contribution in [2.24, 2.45) is 0 Å². The fourth-order valence-corrected chi connectivity index (χ4v) is 3.55. The summed E-state index contributed by atoms with van der Waals surface area (Å²) in [5.74, 6) is -0.885. The van der Waals surface area contributed by atoms with E-state index in [1.807, 2.05) is 6.92 Å². The zero-order valence-corrected chi connectivity index (χ0v) is 19.4. The molecule has 1 unspecified atom stereocenters. The van der Waals surface area contributed by atoms with Crippen LogP contribution in [0.5, 0.6) is 0 Å². The summed E-state index contributed by atoms with van der Waals surface area (Å²) in [5.41, 5.74) is 0.584. The number of hydrogen-bond acceptors (Lipinski definition) is 4. The molecule has 0 heterocycles. The Morgan fingerprint density at radius 2 is 1.27 bits per heavy atom. The lowest BCUT2D eigenvalue weighted by Crippen LogP contribution is -2.20. The fourth-order valence-electron chi connectivity index (χ4n) is 3.55. The summed E-state index contributed by atoms with van der Waals surface area (Å²) in [6.07, 6.45) is 14.8.